The van der Waals surface area contributed by atoms with Gasteiger partial charge in [0.25, 0.3) is 0 Å². The average molecular weight is 203 g/mol. The van der Waals surface area contributed by atoms with E-state index in [1.165, 1.54) is 44.5 Å². The Morgan fingerprint density at radius 3 is 2.80 bits per heavy atom. The van der Waals surface area contributed by atoms with Crippen LogP contribution in [0.2, 0.25) is 0 Å². The van der Waals surface area contributed by atoms with Crippen LogP contribution in [-0.2, 0) is 6.42 Å². The fraction of sp³-hybridized carbons (Fsp3) is 0.571. The number of rotatable bonds is 3. The number of nitrogens with zero attached hydrogens (tertiary/aromatic N) is 1. The van der Waals surface area contributed by atoms with E-state index in [2.05, 4.69) is 42.2 Å². The van der Waals surface area contributed by atoms with E-state index in [4.69, 9.17) is 0 Å². The molecule has 0 saturated carbocycles. The second-order valence-corrected chi connectivity index (χ2v) is 4.59. The number of likely N-dealkylation sites (tertiary alicyclic amines) is 1. The average Bonchev–Trinajstić information content (AvgIpc) is 2.31. The summed E-state index contributed by atoms with van der Waals surface area (Å²) in [5.41, 5.74) is 1.50. The Morgan fingerprint density at radius 1 is 1.27 bits per heavy atom. The molecule has 1 aliphatic heterocycles. The second kappa shape index (κ2) is 5.32. The third-order valence-electron chi connectivity index (χ3n) is 3.42. The van der Waals surface area contributed by atoms with Crippen LogP contribution >= 0.6 is 0 Å². The largest absolute Gasteiger partial charge is 0.303 e. The molecule has 1 aliphatic rings. The van der Waals surface area contributed by atoms with Crippen LogP contribution in [0.4, 0.5) is 0 Å². The third-order valence-corrected chi connectivity index (χ3v) is 3.42. The van der Waals surface area contributed by atoms with E-state index in [1.54, 1.807) is 0 Å². The standard InChI is InChI=1S/C14H21N/c1-2-15-10-6-9-14(12-15)11-13-7-4-3-5-8-13/h3-5,7-8,14H,2,6,9-12H2,1H3. The van der Waals surface area contributed by atoms with Crippen molar-refractivity contribution in [2.24, 2.45) is 5.92 Å². The molecule has 1 heterocycles. The van der Waals surface area contributed by atoms with Crippen molar-refractivity contribution in [1.29, 1.82) is 0 Å². The zero-order chi connectivity index (χ0) is 10.5. The number of hydrogen-bond donors (Lipinski definition) is 0. The molecule has 0 amide bonds. The maximum absolute atomic E-state index is 2.58. The molecule has 2 rings (SSSR count). The van der Waals surface area contributed by atoms with Gasteiger partial charge in [-0.05, 0) is 43.8 Å². The summed E-state index contributed by atoms with van der Waals surface area (Å²) in [5, 5.41) is 0. The summed E-state index contributed by atoms with van der Waals surface area (Å²) in [6.07, 6.45) is 4.05. The van der Waals surface area contributed by atoms with E-state index in [-0.39, 0.29) is 0 Å². The summed E-state index contributed by atoms with van der Waals surface area (Å²) in [6, 6.07) is 10.9. The highest BCUT2D eigenvalue weighted by Gasteiger charge is 2.18. The van der Waals surface area contributed by atoms with E-state index in [0.717, 1.165) is 5.92 Å². The number of piperidine rings is 1. The van der Waals surface area contributed by atoms with E-state index < -0.39 is 0 Å². The van der Waals surface area contributed by atoms with Crippen molar-refractivity contribution < 1.29 is 0 Å². The molecule has 0 bridgehead atoms. The maximum Gasteiger partial charge on any atom is 0.00127 e. The van der Waals surface area contributed by atoms with Gasteiger partial charge in [-0.15, -0.1) is 0 Å². The summed E-state index contributed by atoms with van der Waals surface area (Å²) >= 11 is 0. The van der Waals surface area contributed by atoms with Gasteiger partial charge in [-0.2, -0.15) is 0 Å². The van der Waals surface area contributed by atoms with E-state index in [0.29, 0.717) is 0 Å². The molecule has 82 valence electrons. The lowest BCUT2D eigenvalue weighted by atomic mass is 9.91. The lowest BCUT2D eigenvalue weighted by molar-refractivity contribution is 0.182. The molecule has 1 atom stereocenters. The van der Waals surface area contributed by atoms with E-state index in [1.807, 2.05) is 0 Å². The third kappa shape index (κ3) is 3.07. The first-order valence-electron chi connectivity index (χ1n) is 6.14. The van der Waals surface area contributed by atoms with Crippen LogP contribution < -0.4 is 0 Å². The van der Waals surface area contributed by atoms with Crippen LogP contribution in [-0.4, -0.2) is 24.5 Å². The van der Waals surface area contributed by atoms with Gasteiger partial charge in [0.2, 0.25) is 0 Å². The first-order chi connectivity index (χ1) is 7.38. The summed E-state index contributed by atoms with van der Waals surface area (Å²) in [6.45, 7) is 6.09. The second-order valence-electron chi connectivity index (χ2n) is 4.59. The van der Waals surface area contributed by atoms with Gasteiger partial charge in [0, 0.05) is 6.54 Å². The van der Waals surface area contributed by atoms with Gasteiger partial charge >= 0.3 is 0 Å². The minimum atomic E-state index is 0.876. The summed E-state index contributed by atoms with van der Waals surface area (Å²) in [7, 11) is 0. The number of hydrogen-bond acceptors (Lipinski definition) is 1. The van der Waals surface area contributed by atoms with Crippen LogP contribution in [0, 0.1) is 5.92 Å². The molecule has 1 heteroatoms. The lowest BCUT2D eigenvalue weighted by Crippen LogP contribution is -2.35. The van der Waals surface area contributed by atoms with Crippen LogP contribution in [0.3, 0.4) is 0 Å². The van der Waals surface area contributed by atoms with Crippen molar-refractivity contribution in [1.82, 2.24) is 4.90 Å². The molecule has 1 fully saturated rings. The molecule has 1 aromatic rings. The smallest absolute Gasteiger partial charge is 0.00127 e. The minimum Gasteiger partial charge on any atom is -0.303 e. The Hall–Kier alpha value is -0.820. The van der Waals surface area contributed by atoms with Crippen molar-refractivity contribution in [3.8, 4) is 0 Å². The molecule has 0 radical (unpaired) electrons. The molecular formula is C14H21N. The highest BCUT2D eigenvalue weighted by molar-refractivity contribution is 5.15. The molecule has 1 saturated heterocycles. The van der Waals surface area contributed by atoms with E-state index in [9.17, 15) is 0 Å². The highest BCUT2D eigenvalue weighted by atomic mass is 15.1. The fourth-order valence-electron chi connectivity index (χ4n) is 2.55. The molecule has 0 aliphatic carbocycles. The van der Waals surface area contributed by atoms with Crippen molar-refractivity contribution in [2.75, 3.05) is 19.6 Å². The van der Waals surface area contributed by atoms with Gasteiger partial charge in [0.15, 0.2) is 0 Å². The fourth-order valence-corrected chi connectivity index (χ4v) is 2.55. The molecule has 1 aromatic carbocycles. The molecule has 15 heavy (non-hydrogen) atoms. The van der Waals surface area contributed by atoms with E-state index >= 15 is 0 Å². The monoisotopic (exact) mass is 203 g/mol. The van der Waals surface area contributed by atoms with Gasteiger partial charge in [-0.25, -0.2) is 0 Å². The maximum atomic E-state index is 2.58. The van der Waals surface area contributed by atoms with Crippen LogP contribution in [0.15, 0.2) is 30.3 Å². The molecular weight excluding hydrogens is 182 g/mol. The Kier molecular flexibility index (Phi) is 3.79. The van der Waals surface area contributed by atoms with Gasteiger partial charge in [0.1, 0.15) is 0 Å². The normalized spacial score (nSPS) is 22.9. The predicted octanol–water partition coefficient (Wildman–Crippen LogP) is 2.96. The molecule has 0 spiro atoms. The Morgan fingerprint density at radius 2 is 2.07 bits per heavy atom. The first kappa shape index (κ1) is 10.7. The van der Waals surface area contributed by atoms with Crippen molar-refractivity contribution >= 4 is 0 Å². The van der Waals surface area contributed by atoms with Crippen molar-refractivity contribution in [2.45, 2.75) is 26.2 Å². The van der Waals surface area contributed by atoms with Crippen LogP contribution in [0.1, 0.15) is 25.3 Å². The van der Waals surface area contributed by atoms with Gasteiger partial charge < -0.3 is 4.90 Å². The summed E-state index contributed by atoms with van der Waals surface area (Å²) in [4.78, 5) is 2.58. The first-order valence-corrected chi connectivity index (χ1v) is 6.14. The molecule has 1 unspecified atom stereocenters. The van der Waals surface area contributed by atoms with Gasteiger partial charge in [0.05, 0.1) is 0 Å². The lowest BCUT2D eigenvalue weighted by Gasteiger charge is -2.31. The van der Waals surface area contributed by atoms with Gasteiger partial charge in [-0.3, -0.25) is 0 Å². The molecule has 0 N–H and O–H groups in total. The van der Waals surface area contributed by atoms with Gasteiger partial charge in [-0.1, -0.05) is 37.3 Å². The molecule has 1 nitrogen and oxygen atoms in total. The van der Waals surface area contributed by atoms with Crippen LogP contribution in [0.25, 0.3) is 0 Å². The Bertz CT molecular complexity index is 281. The highest BCUT2D eigenvalue weighted by Crippen LogP contribution is 2.20. The SMILES string of the molecule is CCN1CCCC(Cc2ccccc2)C1. The quantitative estimate of drug-likeness (QED) is 0.730. The summed E-state index contributed by atoms with van der Waals surface area (Å²) in [5.74, 6) is 0.876. The zero-order valence-corrected chi connectivity index (χ0v) is 9.65. The zero-order valence-electron chi connectivity index (χ0n) is 9.65. The Balaban J connectivity index is 1.89. The van der Waals surface area contributed by atoms with Crippen molar-refractivity contribution in [3.63, 3.8) is 0 Å². The number of benzene rings is 1. The topological polar surface area (TPSA) is 3.24 Å². The predicted molar refractivity (Wildman–Crippen MR) is 65.0 cm³/mol. The summed E-state index contributed by atoms with van der Waals surface area (Å²) < 4.78 is 0. The van der Waals surface area contributed by atoms with Crippen LogP contribution in [0.5, 0.6) is 0 Å². The van der Waals surface area contributed by atoms with Crippen molar-refractivity contribution in [3.05, 3.63) is 35.9 Å². The Labute approximate surface area is 93.1 Å². The minimum absolute atomic E-state index is 0.876. The molecule has 0 aromatic heterocycles.